The lowest BCUT2D eigenvalue weighted by atomic mass is 9.93. The topological polar surface area (TPSA) is 433 Å². The maximum absolute atomic E-state index is 12.8. The quantitative estimate of drug-likeness (QED) is 0.0725. The number of hydrogen-bond acceptors (Lipinski definition) is 25. The fourth-order valence-electron chi connectivity index (χ4n) is 8.15. The van der Waals surface area contributed by atoms with Gasteiger partial charge in [0.05, 0.1) is 32.5 Å². The number of ether oxygens (including phenoxy) is 9. The van der Waals surface area contributed by atoms with Gasteiger partial charge in [-0.25, -0.2) is 0 Å². The summed E-state index contributed by atoms with van der Waals surface area (Å²) in [6.07, 6.45) is -40.1. The molecule has 5 rings (SSSR count). The molecule has 5 unspecified atom stereocenters. The Bertz CT molecular complexity index is 1540. The summed E-state index contributed by atoms with van der Waals surface area (Å²) in [6, 6.07) is -4.94. The van der Waals surface area contributed by atoms with E-state index in [9.17, 15) is 80.8 Å². The van der Waals surface area contributed by atoms with E-state index >= 15 is 0 Å². The van der Waals surface area contributed by atoms with E-state index in [2.05, 4.69) is 16.0 Å². The second-order valence-corrected chi connectivity index (χ2v) is 16.1. The number of aliphatic hydroxyl groups excluding tert-OH is 13. The van der Waals surface area contributed by atoms with Gasteiger partial charge in [-0.05, 0) is 6.92 Å². The summed E-state index contributed by atoms with van der Waals surface area (Å²) in [6.45, 7) is 0.697. The first-order valence-corrected chi connectivity index (χ1v) is 20.4. The predicted molar refractivity (Wildman–Crippen MR) is 200 cm³/mol. The zero-order valence-electron chi connectivity index (χ0n) is 35.0. The van der Waals surface area contributed by atoms with Crippen molar-refractivity contribution in [2.75, 3.05) is 26.4 Å². The number of rotatable bonds is 15. The van der Waals surface area contributed by atoms with Crippen molar-refractivity contribution in [3.63, 3.8) is 0 Å². The summed E-state index contributed by atoms with van der Waals surface area (Å²) in [4.78, 5) is 37.2. The number of carbonyl (C=O) groups is 3. The third-order valence-electron chi connectivity index (χ3n) is 11.5. The molecule has 5 aliphatic heterocycles. The molecule has 0 spiro atoms. The summed E-state index contributed by atoms with van der Waals surface area (Å²) in [5, 5.41) is 147. The maximum Gasteiger partial charge on any atom is 0.217 e. The Hall–Kier alpha value is -2.47. The van der Waals surface area contributed by atoms with Crippen molar-refractivity contribution in [1.82, 2.24) is 16.0 Å². The minimum absolute atomic E-state index is 0.732. The van der Waals surface area contributed by atoms with Crippen LogP contribution in [0.2, 0.25) is 0 Å². The Kier molecular flexibility index (Phi) is 18.5. The van der Waals surface area contributed by atoms with Gasteiger partial charge in [0, 0.05) is 20.8 Å². The van der Waals surface area contributed by atoms with Gasteiger partial charge in [-0.2, -0.15) is 0 Å². The predicted octanol–water partition coefficient (Wildman–Crippen LogP) is -10.5. The molecule has 28 nitrogen and oxygen atoms in total. The highest BCUT2D eigenvalue weighted by Crippen LogP contribution is 2.37. The van der Waals surface area contributed by atoms with Crippen LogP contribution in [0.3, 0.4) is 0 Å². The number of nitrogens with one attached hydrogen (secondary N) is 3. The van der Waals surface area contributed by atoms with E-state index in [1.165, 1.54) is 6.92 Å². The van der Waals surface area contributed by atoms with Gasteiger partial charge in [-0.3, -0.25) is 14.4 Å². The van der Waals surface area contributed by atoms with Gasteiger partial charge in [0.2, 0.25) is 17.7 Å². The largest absolute Gasteiger partial charge is 0.394 e. The highest BCUT2D eigenvalue weighted by Gasteiger charge is 2.58. The van der Waals surface area contributed by atoms with E-state index in [1.54, 1.807) is 0 Å². The van der Waals surface area contributed by atoms with Crippen LogP contribution in [0.4, 0.5) is 0 Å². The van der Waals surface area contributed by atoms with E-state index in [-0.39, 0.29) is 0 Å². The van der Waals surface area contributed by atoms with Crippen LogP contribution in [0.1, 0.15) is 27.7 Å². The first kappa shape index (κ1) is 52.5. The van der Waals surface area contributed by atoms with E-state index in [4.69, 9.17) is 42.6 Å². The van der Waals surface area contributed by atoms with Crippen LogP contribution >= 0.6 is 0 Å². The first-order chi connectivity index (χ1) is 30.2. The number of hydrogen-bond donors (Lipinski definition) is 16. The Balaban J connectivity index is 1.58. The standard InChI is InChI=1S/C36H61N3O25/c1-9-20(47)26(53)27(54)35(56-9)64-31-30(63-33-17(37-10(2)44)25(52)21(48)13(5-40)58-33)24(51)16(8-43)60-36(31)62-29-19(39-12(4)46)34(59-15(7-42)23(29)50)61-28-18(38-11(3)45)32(55)57-14(6-41)22(28)49/h9,13-36,40-43,47-55H,5-8H2,1-4H3,(H,37,44)(H,38,45)(H,39,46)/t9-,13+,14+,15+,16+,17+,18+,19+,20+,21-,22-,23+,24-,25+,26+,27-,28+,29+,30-,31+,32?,33?,34?,35?,36?/m0/s1. The Morgan fingerprint density at radius 3 is 1.33 bits per heavy atom. The lowest BCUT2D eigenvalue weighted by Crippen LogP contribution is -2.71. The van der Waals surface area contributed by atoms with Gasteiger partial charge < -0.3 is 125 Å². The molecule has 0 aromatic carbocycles. The van der Waals surface area contributed by atoms with Crippen molar-refractivity contribution >= 4 is 17.7 Å². The number of aliphatic hydroxyl groups is 13. The molecule has 370 valence electrons. The highest BCUT2D eigenvalue weighted by molar-refractivity contribution is 5.74. The Labute approximate surface area is 364 Å². The molecule has 5 aliphatic rings. The molecule has 0 bridgehead atoms. The minimum atomic E-state index is -2.09. The average molecular weight is 936 g/mol. The van der Waals surface area contributed by atoms with E-state index in [1.807, 2.05) is 0 Å². The van der Waals surface area contributed by atoms with Crippen molar-refractivity contribution in [3.05, 3.63) is 0 Å². The average Bonchev–Trinajstić information content (AvgIpc) is 3.24. The van der Waals surface area contributed by atoms with Crippen LogP contribution in [-0.4, -0.2) is 264 Å². The molecule has 0 aromatic rings. The fraction of sp³-hybridized carbons (Fsp3) is 0.917. The van der Waals surface area contributed by atoms with Gasteiger partial charge in [0.1, 0.15) is 116 Å². The molecule has 64 heavy (non-hydrogen) atoms. The normalized spacial score (nSPS) is 47.7. The second kappa shape index (κ2) is 22.6. The van der Waals surface area contributed by atoms with Crippen molar-refractivity contribution in [2.24, 2.45) is 0 Å². The van der Waals surface area contributed by atoms with Crippen LogP contribution in [0.5, 0.6) is 0 Å². The lowest BCUT2D eigenvalue weighted by molar-refractivity contribution is -0.398. The number of amides is 3. The zero-order chi connectivity index (χ0) is 47.5. The molecule has 0 aromatic heterocycles. The van der Waals surface area contributed by atoms with Crippen molar-refractivity contribution in [2.45, 2.75) is 181 Å². The van der Waals surface area contributed by atoms with Crippen LogP contribution in [0.15, 0.2) is 0 Å². The molecule has 0 saturated carbocycles. The summed E-state index contributed by atoms with van der Waals surface area (Å²) in [5.41, 5.74) is 0. The van der Waals surface area contributed by atoms with Gasteiger partial charge in [0.25, 0.3) is 0 Å². The first-order valence-electron chi connectivity index (χ1n) is 20.4. The molecule has 0 radical (unpaired) electrons. The lowest BCUT2D eigenvalue weighted by Gasteiger charge is -2.52. The minimum Gasteiger partial charge on any atom is -0.394 e. The summed E-state index contributed by atoms with van der Waals surface area (Å²) >= 11 is 0. The third-order valence-corrected chi connectivity index (χ3v) is 11.5. The Morgan fingerprint density at radius 2 is 0.797 bits per heavy atom. The van der Waals surface area contributed by atoms with Crippen molar-refractivity contribution in [3.8, 4) is 0 Å². The van der Waals surface area contributed by atoms with Gasteiger partial charge in [-0.1, -0.05) is 0 Å². The van der Waals surface area contributed by atoms with Crippen LogP contribution in [-0.2, 0) is 57.0 Å². The third kappa shape index (κ3) is 11.4. The van der Waals surface area contributed by atoms with Gasteiger partial charge in [0.15, 0.2) is 31.5 Å². The Morgan fingerprint density at radius 1 is 0.406 bits per heavy atom. The van der Waals surface area contributed by atoms with Crippen LogP contribution < -0.4 is 16.0 Å². The van der Waals surface area contributed by atoms with E-state index in [0.29, 0.717) is 0 Å². The fourth-order valence-corrected chi connectivity index (χ4v) is 8.15. The molecule has 28 heteroatoms. The molecular formula is C36H61N3O25. The highest BCUT2D eigenvalue weighted by atomic mass is 16.8. The molecular weight excluding hydrogens is 874 g/mol. The van der Waals surface area contributed by atoms with E-state index < -0.39 is 197 Å². The number of carbonyl (C=O) groups excluding carboxylic acids is 3. The summed E-state index contributed by atoms with van der Waals surface area (Å²) < 4.78 is 53.0. The van der Waals surface area contributed by atoms with Crippen molar-refractivity contribution < 1.29 is 123 Å². The van der Waals surface area contributed by atoms with Gasteiger partial charge >= 0.3 is 0 Å². The SMILES string of the molecule is CC(=O)N[C@H]1C(O[C@H]2[C@@H](O)[C@@H](CO)OC(O[C@H]3[C@H](O)[C@@H](CO)OC(O[C@H]4[C@@H](O)[C@@H](CO)OC(O)[C@@H]4NC(C)=O)[C@@H]3NC(C)=O)[C@@H]2OC2O[C@@H](C)[C@@H](O)[C@@H](O)[C@@H]2O)O[C@H](CO)[C@H](O)[C@@H]1O. The van der Waals surface area contributed by atoms with Crippen molar-refractivity contribution in [1.29, 1.82) is 0 Å². The molecule has 16 N–H and O–H groups in total. The van der Waals surface area contributed by atoms with Crippen LogP contribution in [0, 0.1) is 0 Å². The maximum atomic E-state index is 12.8. The molecule has 5 fully saturated rings. The molecule has 25 atom stereocenters. The molecule has 5 heterocycles. The second-order valence-electron chi connectivity index (χ2n) is 16.1. The van der Waals surface area contributed by atoms with Gasteiger partial charge in [-0.15, -0.1) is 0 Å². The molecule has 3 amide bonds. The molecule has 0 aliphatic carbocycles. The summed E-state index contributed by atoms with van der Waals surface area (Å²) in [5.74, 6) is -2.33. The summed E-state index contributed by atoms with van der Waals surface area (Å²) in [7, 11) is 0. The molecule has 5 saturated heterocycles. The monoisotopic (exact) mass is 935 g/mol. The zero-order valence-corrected chi connectivity index (χ0v) is 35.0. The van der Waals surface area contributed by atoms with Crippen LogP contribution in [0.25, 0.3) is 0 Å². The van der Waals surface area contributed by atoms with E-state index in [0.717, 1.165) is 20.8 Å². The smallest absolute Gasteiger partial charge is 0.217 e.